The molecule has 1 atom stereocenters. The van der Waals surface area contributed by atoms with Gasteiger partial charge in [0.2, 0.25) is 0 Å². The molecule has 19 heavy (non-hydrogen) atoms. The van der Waals surface area contributed by atoms with Crippen molar-refractivity contribution in [3.63, 3.8) is 0 Å². The third-order valence-corrected chi connectivity index (χ3v) is 2.41. The molecule has 0 aromatic heterocycles. The fourth-order valence-electron chi connectivity index (χ4n) is 1.51. The number of carbonyl (C=O) groups is 2. The monoisotopic (exact) mass is 267 g/mol. The summed E-state index contributed by atoms with van der Waals surface area (Å²) in [6.07, 6.45) is 0.987. The van der Waals surface area contributed by atoms with E-state index in [1.54, 1.807) is 24.3 Å². The van der Waals surface area contributed by atoms with E-state index >= 15 is 0 Å². The Morgan fingerprint density at radius 1 is 1.26 bits per heavy atom. The molecule has 0 bridgehead atoms. The molecule has 0 aliphatic rings. The van der Waals surface area contributed by atoms with Gasteiger partial charge in [0.05, 0.1) is 14.2 Å². The number of ether oxygens (including phenoxy) is 1. The van der Waals surface area contributed by atoms with Gasteiger partial charge in [0.1, 0.15) is 18.1 Å². The Morgan fingerprint density at radius 3 is 2.42 bits per heavy atom. The van der Waals surface area contributed by atoms with Crippen LogP contribution in [0.25, 0.3) is 0 Å². The summed E-state index contributed by atoms with van der Waals surface area (Å²) < 4.78 is 5.10. The van der Waals surface area contributed by atoms with E-state index in [2.05, 4.69) is 0 Å². The maximum atomic E-state index is 11.6. The molecule has 0 saturated heterocycles. The van der Waals surface area contributed by atoms with Crippen LogP contribution < -0.4 is 4.74 Å². The third-order valence-electron chi connectivity index (χ3n) is 2.41. The second-order valence-electron chi connectivity index (χ2n) is 3.68. The quantitative estimate of drug-likeness (QED) is 0.307. The van der Waals surface area contributed by atoms with Crippen molar-refractivity contribution < 1.29 is 24.0 Å². The average Bonchev–Trinajstić information content (AvgIpc) is 2.44. The van der Waals surface area contributed by atoms with Gasteiger partial charge >= 0.3 is 5.97 Å². The van der Waals surface area contributed by atoms with Crippen LogP contribution in [0.5, 0.6) is 5.75 Å². The summed E-state index contributed by atoms with van der Waals surface area (Å²) in [5.41, 5.74) is 0. The van der Waals surface area contributed by atoms with Crippen LogP contribution >= 0.6 is 0 Å². The Kier molecular flexibility index (Phi) is 6.73. The van der Waals surface area contributed by atoms with Crippen LogP contribution in [0.4, 0.5) is 0 Å². The van der Waals surface area contributed by atoms with Crippen LogP contribution in [0.3, 0.4) is 0 Å². The van der Waals surface area contributed by atoms with E-state index in [1.807, 2.05) is 6.07 Å². The SMILES string of the molecule is CON(OC)[C@H](C=O)CCC(=O)Oc1ccccc1. The molecule has 1 rings (SSSR count). The van der Waals surface area contributed by atoms with E-state index in [0.29, 0.717) is 12.0 Å². The number of benzene rings is 1. The molecule has 6 nitrogen and oxygen atoms in total. The first-order chi connectivity index (χ1) is 9.21. The molecule has 1 aromatic rings. The van der Waals surface area contributed by atoms with Gasteiger partial charge in [-0.05, 0) is 18.6 Å². The summed E-state index contributed by atoms with van der Waals surface area (Å²) in [6.45, 7) is 0. The minimum Gasteiger partial charge on any atom is -0.427 e. The lowest BCUT2D eigenvalue weighted by molar-refractivity contribution is -0.356. The summed E-state index contributed by atoms with van der Waals surface area (Å²) in [4.78, 5) is 32.1. The molecular formula is C13H17NO5. The fraction of sp³-hybridized carbons (Fsp3) is 0.385. The first-order valence-electron chi connectivity index (χ1n) is 5.79. The van der Waals surface area contributed by atoms with Crippen LogP contribution in [0.1, 0.15) is 12.8 Å². The van der Waals surface area contributed by atoms with E-state index in [1.165, 1.54) is 14.2 Å². The average molecular weight is 267 g/mol. The number of hydrogen-bond donors (Lipinski definition) is 0. The van der Waals surface area contributed by atoms with Crippen molar-refractivity contribution in [2.24, 2.45) is 0 Å². The number of aldehydes is 1. The number of carbonyl (C=O) groups excluding carboxylic acids is 2. The highest BCUT2D eigenvalue weighted by atomic mass is 16.9. The largest absolute Gasteiger partial charge is 0.427 e. The Hall–Kier alpha value is -1.76. The third kappa shape index (κ3) is 5.17. The number of hydrogen-bond acceptors (Lipinski definition) is 6. The molecule has 0 aliphatic carbocycles. The summed E-state index contributed by atoms with van der Waals surface area (Å²) >= 11 is 0. The van der Waals surface area contributed by atoms with Gasteiger partial charge in [-0.2, -0.15) is 0 Å². The second-order valence-corrected chi connectivity index (χ2v) is 3.68. The van der Waals surface area contributed by atoms with Gasteiger partial charge in [0, 0.05) is 6.42 Å². The highest BCUT2D eigenvalue weighted by Gasteiger charge is 2.19. The molecule has 0 fully saturated rings. The minimum absolute atomic E-state index is 0.0848. The molecular weight excluding hydrogens is 250 g/mol. The van der Waals surface area contributed by atoms with E-state index in [9.17, 15) is 9.59 Å². The van der Waals surface area contributed by atoms with E-state index < -0.39 is 12.0 Å². The normalized spacial score (nSPS) is 12.2. The minimum atomic E-state index is -0.654. The summed E-state index contributed by atoms with van der Waals surface area (Å²) in [7, 11) is 2.75. The van der Waals surface area contributed by atoms with Gasteiger partial charge in [-0.25, -0.2) is 0 Å². The zero-order valence-corrected chi connectivity index (χ0v) is 10.9. The topological polar surface area (TPSA) is 65.1 Å². The Morgan fingerprint density at radius 2 is 1.89 bits per heavy atom. The van der Waals surface area contributed by atoms with Gasteiger partial charge in [-0.3, -0.25) is 14.5 Å². The summed E-state index contributed by atoms with van der Waals surface area (Å²) in [5.74, 6) is 0.0655. The molecule has 1 aromatic carbocycles. The highest BCUT2D eigenvalue weighted by molar-refractivity contribution is 5.73. The number of esters is 1. The lowest BCUT2D eigenvalue weighted by atomic mass is 10.2. The molecule has 0 radical (unpaired) electrons. The van der Waals surface area contributed by atoms with Crippen LogP contribution in [0.2, 0.25) is 0 Å². The van der Waals surface area contributed by atoms with Gasteiger partial charge < -0.3 is 9.53 Å². The van der Waals surface area contributed by atoms with Crippen molar-refractivity contribution in [1.82, 2.24) is 5.23 Å². The Bertz CT molecular complexity index is 391. The highest BCUT2D eigenvalue weighted by Crippen LogP contribution is 2.11. The predicted molar refractivity (Wildman–Crippen MR) is 67.0 cm³/mol. The van der Waals surface area contributed by atoms with Crippen molar-refractivity contribution >= 4 is 12.3 Å². The summed E-state index contributed by atoms with van der Waals surface area (Å²) in [5, 5.41) is 1.03. The van der Waals surface area contributed by atoms with Crippen molar-refractivity contribution in [3.8, 4) is 5.75 Å². The van der Waals surface area contributed by atoms with Crippen LogP contribution in [-0.2, 0) is 19.3 Å². The molecule has 0 heterocycles. The smallest absolute Gasteiger partial charge is 0.311 e. The Labute approximate surface area is 111 Å². The maximum Gasteiger partial charge on any atom is 0.311 e. The van der Waals surface area contributed by atoms with Gasteiger partial charge in [-0.1, -0.05) is 23.4 Å². The predicted octanol–water partition coefficient (Wildman–Crippen LogP) is 1.36. The molecule has 6 heteroatoms. The second kappa shape index (κ2) is 8.36. The van der Waals surface area contributed by atoms with Crippen molar-refractivity contribution in [2.45, 2.75) is 18.9 Å². The van der Waals surface area contributed by atoms with Crippen molar-refractivity contribution in [3.05, 3.63) is 30.3 Å². The fourth-order valence-corrected chi connectivity index (χ4v) is 1.51. The number of para-hydroxylation sites is 1. The lowest BCUT2D eigenvalue weighted by Crippen LogP contribution is -2.35. The zero-order valence-electron chi connectivity index (χ0n) is 10.9. The maximum absolute atomic E-state index is 11.6. The van der Waals surface area contributed by atoms with E-state index in [-0.39, 0.29) is 12.8 Å². The number of rotatable bonds is 8. The number of hydroxylamine groups is 2. The van der Waals surface area contributed by atoms with Crippen LogP contribution in [0.15, 0.2) is 30.3 Å². The van der Waals surface area contributed by atoms with Crippen molar-refractivity contribution in [2.75, 3.05) is 14.2 Å². The first-order valence-corrected chi connectivity index (χ1v) is 5.79. The standard InChI is InChI=1S/C13H17NO5/c1-17-14(18-2)11(10-15)8-9-13(16)19-12-6-4-3-5-7-12/h3-7,10-11H,8-9H2,1-2H3/t11-/m0/s1. The van der Waals surface area contributed by atoms with Crippen LogP contribution in [-0.4, -0.2) is 37.7 Å². The summed E-state index contributed by atoms with van der Waals surface area (Å²) in [6, 6.07) is 8.09. The van der Waals surface area contributed by atoms with Crippen LogP contribution in [0, 0.1) is 0 Å². The molecule has 0 unspecified atom stereocenters. The molecule has 0 N–H and O–H groups in total. The zero-order chi connectivity index (χ0) is 14.1. The molecule has 0 saturated carbocycles. The van der Waals surface area contributed by atoms with E-state index in [4.69, 9.17) is 14.4 Å². The van der Waals surface area contributed by atoms with Gasteiger partial charge in [0.25, 0.3) is 0 Å². The molecule has 0 aliphatic heterocycles. The van der Waals surface area contributed by atoms with E-state index in [0.717, 1.165) is 5.23 Å². The van der Waals surface area contributed by atoms with Crippen molar-refractivity contribution in [1.29, 1.82) is 0 Å². The Balaban J connectivity index is 2.42. The molecule has 0 spiro atoms. The molecule has 0 amide bonds. The van der Waals surface area contributed by atoms with Gasteiger partial charge in [0.15, 0.2) is 0 Å². The molecule has 104 valence electrons. The number of nitrogens with zero attached hydrogens (tertiary/aromatic N) is 1. The first kappa shape index (κ1) is 15.3. The van der Waals surface area contributed by atoms with Gasteiger partial charge in [-0.15, -0.1) is 0 Å². The lowest BCUT2D eigenvalue weighted by Gasteiger charge is -2.21.